The topological polar surface area (TPSA) is 114 Å². The maximum absolute atomic E-state index is 12.2. The number of rotatable bonds is 9. The second-order valence-electron chi connectivity index (χ2n) is 6.15. The summed E-state index contributed by atoms with van der Waals surface area (Å²) in [4.78, 5) is 16.5. The van der Waals surface area contributed by atoms with Gasteiger partial charge in [0, 0.05) is 24.4 Å². The molecular formula is C17H25ClN4O3S2. The van der Waals surface area contributed by atoms with Crippen LogP contribution in [0.15, 0.2) is 29.6 Å². The van der Waals surface area contributed by atoms with E-state index in [4.69, 9.17) is 5.73 Å². The highest BCUT2D eigenvalue weighted by atomic mass is 35.5. The monoisotopic (exact) mass is 432 g/mol. The number of aromatic nitrogens is 1. The van der Waals surface area contributed by atoms with E-state index < -0.39 is 10.0 Å². The van der Waals surface area contributed by atoms with Crippen molar-refractivity contribution in [2.24, 2.45) is 5.73 Å². The number of nitrogens with two attached hydrogens (primary N) is 1. The lowest BCUT2D eigenvalue weighted by Gasteiger charge is -2.13. The zero-order chi connectivity index (χ0) is 19.2. The van der Waals surface area contributed by atoms with Crippen LogP contribution in [-0.2, 0) is 28.7 Å². The van der Waals surface area contributed by atoms with E-state index in [0.29, 0.717) is 24.2 Å². The Morgan fingerprint density at radius 3 is 2.56 bits per heavy atom. The van der Waals surface area contributed by atoms with Crippen LogP contribution in [0.25, 0.3) is 0 Å². The Morgan fingerprint density at radius 2 is 1.93 bits per heavy atom. The number of nitrogens with one attached hydrogen (secondary N) is 2. The molecule has 4 N–H and O–H groups in total. The molecule has 0 aliphatic heterocycles. The number of thiazole rings is 1. The molecule has 27 heavy (non-hydrogen) atoms. The predicted molar refractivity (Wildman–Crippen MR) is 111 cm³/mol. The third kappa shape index (κ3) is 7.55. The van der Waals surface area contributed by atoms with Gasteiger partial charge in [0.1, 0.15) is 5.69 Å². The Morgan fingerprint density at radius 1 is 1.26 bits per heavy atom. The SMILES string of the molecule is CC(C)NS(=O)(=O)Cc1ccccc1CNC(=O)c1csc(CCN)n1.Cl. The summed E-state index contributed by atoms with van der Waals surface area (Å²) in [6, 6.07) is 6.99. The number of nitrogens with zero attached hydrogens (tertiary/aromatic N) is 1. The molecule has 7 nitrogen and oxygen atoms in total. The van der Waals surface area contributed by atoms with Crippen molar-refractivity contribution in [1.29, 1.82) is 0 Å². The van der Waals surface area contributed by atoms with Crippen LogP contribution in [0.2, 0.25) is 0 Å². The van der Waals surface area contributed by atoms with Crippen LogP contribution in [0.3, 0.4) is 0 Å². The summed E-state index contributed by atoms with van der Waals surface area (Å²) in [5.41, 5.74) is 7.25. The molecule has 2 rings (SSSR count). The fraction of sp³-hybridized carbons (Fsp3) is 0.412. The third-order valence-corrected chi connectivity index (χ3v) is 5.89. The van der Waals surface area contributed by atoms with Crippen molar-refractivity contribution in [2.75, 3.05) is 6.54 Å². The maximum Gasteiger partial charge on any atom is 0.271 e. The molecule has 0 fully saturated rings. The largest absolute Gasteiger partial charge is 0.347 e. The number of benzene rings is 1. The highest BCUT2D eigenvalue weighted by Gasteiger charge is 2.16. The zero-order valence-electron chi connectivity index (χ0n) is 15.3. The molecule has 0 atom stereocenters. The smallest absolute Gasteiger partial charge is 0.271 e. The standard InChI is InChI=1S/C17H24N4O3S2.ClH/c1-12(2)21-26(23,24)11-14-6-4-3-5-13(14)9-19-17(22)15-10-25-16(20-15)7-8-18;/h3-6,10,12,21H,7-9,11,18H2,1-2H3,(H,19,22);1H. The van der Waals surface area contributed by atoms with E-state index in [2.05, 4.69) is 15.0 Å². The predicted octanol–water partition coefficient (Wildman–Crippen LogP) is 1.82. The van der Waals surface area contributed by atoms with Gasteiger partial charge in [-0.05, 0) is 31.5 Å². The fourth-order valence-corrected chi connectivity index (χ4v) is 4.68. The van der Waals surface area contributed by atoms with Gasteiger partial charge in [-0.1, -0.05) is 24.3 Å². The highest BCUT2D eigenvalue weighted by molar-refractivity contribution is 7.88. The van der Waals surface area contributed by atoms with Gasteiger partial charge in [-0.15, -0.1) is 23.7 Å². The quantitative estimate of drug-likeness (QED) is 0.559. The Balaban J connectivity index is 0.00000364. The summed E-state index contributed by atoms with van der Waals surface area (Å²) in [5, 5.41) is 5.32. The summed E-state index contributed by atoms with van der Waals surface area (Å²) in [7, 11) is -3.44. The first kappa shape index (κ1) is 23.5. The van der Waals surface area contributed by atoms with Gasteiger partial charge in [-0.3, -0.25) is 4.79 Å². The molecule has 2 aromatic rings. The van der Waals surface area contributed by atoms with E-state index in [-0.39, 0.29) is 36.7 Å². The highest BCUT2D eigenvalue weighted by Crippen LogP contribution is 2.14. The first-order valence-electron chi connectivity index (χ1n) is 8.30. The Hall–Kier alpha value is -1.52. The van der Waals surface area contributed by atoms with Crippen LogP contribution in [0.5, 0.6) is 0 Å². The molecule has 0 spiro atoms. The molecule has 0 unspecified atom stereocenters. The number of hydrogen-bond acceptors (Lipinski definition) is 6. The minimum Gasteiger partial charge on any atom is -0.347 e. The van der Waals surface area contributed by atoms with Crippen LogP contribution in [0, 0.1) is 0 Å². The number of halogens is 1. The van der Waals surface area contributed by atoms with Crippen molar-refractivity contribution < 1.29 is 13.2 Å². The Labute approximate surface area is 170 Å². The van der Waals surface area contributed by atoms with Crippen molar-refractivity contribution in [3.05, 3.63) is 51.5 Å². The molecule has 10 heteroatoms. The van der Waals surface area contributed by atoms with Crippen molar-refractivity contribution >= 4 is 39.7 Å². The van der Waals surface area contributed by atoms with Gasteiger partial charge in [-0.2, -0.15) is 0 Å². The molecule has 0 radical (unpaired) electrons. The zero-order valence-corrected chi connectivity index (χ0v) is 17.7. The van der Waals surface area contributed by atoms with Crippen LogP contribution in [-0.4, -0.2) is 31.9 Å². The average Bonchev–Trinajstić information content (AvgIpc) is 3.01. The van der Waals surface area contributed by atoms with E-state index in [1.807, 2.05) is 6.07 Å². The van der Waals surface area contributed by atoms with Crippen LogP contribution >= 0.6 is 23.7 Å². The number of sulfonamides is 1. The summed E-state index contributed by atoms with van der Waals surface area (Å²) in [5.74, 6) is -0.420. The molecule has 150 valence electrons. The lowest BCUT2D eigenvalue weighted by molar-refractivity contribution is 0.0946. The molecule has 1 amide bonds. The second kappa shape index (κ2) is 10.7. The van der Waals surface area contributed by atoms with Gasteiger partial charge >= 0.3 is 0 Å². The van der Waals surface area contributed by atoms with E-state index in [1.54, 1.807) is 37.4 Å². The van der Waals surface area contributed by atoms with E-state index in [9.17, 15) is 13.2 Å². The second-order valence-corrected chi connectivity index (χ2v) is 8.84. The Kier molecular flexibility index (Phi) is 9.34. The first-order chi connectivity index (χ1) is 12.3. The molecule has 0 saturated carbocycles. The van der Waals surface area contributed by atoms with Gasteiger partial charge in [0.15, 0.2) is 0 Å². The molecule has 0 bridgehead atoms. The van der Waals surface area contributed by atoms with Crippen molar-refractivity contribution in [3.8, 4) is 0 Å². The van der Waals surface area contributed by atoms with Gasteiger partial charge in [0.05, 0.1) is 10.8 Å². The number of amides is 1. The lowest BCUT2D eigenvalue weighted by atomic mass is 10.1. The molecule has 0 aliphatic rings. The summed E-state index contributed by atoms with van der Waals surface area (Å²) in [6.45, 7) is 4.27. The maximum atomic E-state index is 12.2. The van der Waals surface area contributed by atoms with Crippen LogP contribution in [0.1, 0.15) is 40.5 Å². The summed E-state index contributed by atoms with van der Waals surface area (Å²) < 4.78 is 26.9. The molecule has 1 aromatic heterocycles. The summed E-state index contributed by atoms with van der Waals surface area (Å²) in [6.07, 6.45) is 0.640. The molecule has 1 aromatic carbocycles. The van der Waals surface area contributed by atoms with Crippen LogP contribution in [0.4, 0.5) is 0 Å². The lowest BCUT2D eigenvalue weighted by Crippen LogP contribution is -2.32. The van der Waals surface area contributed by atoms with Gasteiger partial charge in [0.2, 0.25) is 10.0 Å². The molecule has 1 heterocycles. The Bertz CT molecular complexity index is 853. The number of carbonyl (C=O) groups excluding carboxylic acids is 1. The van der Waals surface area contributed by atoms with Gasteiger partial charge in [0.25, 0.3) is 5.91 Å². The molecule has 0 saturated heterocycles. The van der Waals surface area contributed by atoms with Crippen molar-refractivity contribution in [2.45, 2.75) is 38.6 Å². The third-order valence-electron chi connectivity index (χ3n) is 3.46. The minimum absolute atomic E-state index is 0. The normalized spacial score (nSPS) is 11.3. The molecule has 0 aliphatic carbocycles. The van der Waals surface area contributed by atoms with E-state index in [1.165, 1.54) is 11.3 Å². The van der Waals surface area contributed by atoms with Crippen molar-refractivity contribution in [1.82, 2.24) is 15.0 Å². The average molecular weight is 433 g/mol. The first-order valence-corrected chi connectivity index (χ1v) is 10.8. The fourth-order valence-electron chi connectivity index (χ4n) is 2.40. The number of hydrogen-bond donors (Lipinski definition) is 3. The van der Waals surface area contributed by atoms with Gasteiger partial charge < -0.3 is 11.1 Å². The molecular weight excluding hydrogens is 408 g/mol. The van der Waals surface area contributed by atoms with E-state index >= 15 is 0 Å². The number of carbonyl (C=O) groups is 1. The summed E-state index contributed by atoms with van der Waals surface area (Å²) >= 11 is 1.40. The van der Waals surface area contributed by atoms with Crippen LogP contribution < -0.4 is 15.8 Å². The minimum atomic E-state index is -3.44. The van der Waals surface area contributed by atoms with E-state index in [0.717, 1.165) is 10.6 Å². The van der Waals surface area contributed by atoms with Crippen molar-refractivity contribution in [3.63, 3.8) is 0 Å². The van der Waals surface area contributed by atoms with Gasteiger partial charge in [-0.25, -0.2) is 18.1 Å².